The highest BCUT2D eigenvalue weighted by Crippen LogP contribution is 2.16. The SMILES string of the molecule is O=C(Oc1ccccc1)c1ccccc1[O-]. The van der Waals surface area contributed by atoms with E-state index in [9.17, 15) is 9.90 Å². The first-order valence-corrected chi connectivity index (χ1v) is 4.80. The van der Waals surface area contributed by atoms with E-state index in [2.05, 4.69) is 0 Å². The highest BCUT2D eigenvalue weighted by Gasteiger charge is 2.07. The van der Waals surface area contributed by atoms with Gasteiger partial charge in [-0.2, -0.15) is 0 Å². The second-order valence-electron chi connectivity index (χ2n) is 3.20. The molecule has 0 aliphatic rings. The van der Waals surface area contributed by atoms with Crippen molar-refractivity contribution in [2.75, 3.05) is 0 Å². The zero-order chi connectivity index (χ0) is 11.4. The molecule has 0 saturated carbocycles. The van der Waals surface area contributed by atoms with Gasteiger partial charge in [0, 0.05) is 0 Å². The molecule has 0 fully saturated rings. The number of rotatable bonds is 2. The van der Waals surface area contributed by atoms with Crippen molar-refractivity contribution in [1.82, 2.24) is 0 Å². The van der Waals surface area contributed by atoms with Crippen molar-refractivity contribution in [2.24, 2.45) is 0 Å². The molecule has 0 amide bonds. The first kappa shape index (κ1) is 10.2. The van der Waals surface area contributed by atoms with Crippen LogP contribution in [0.5, 0.6) is 11.5 Å². The molecule has 0 heterocycles. The standard InChI is InChI=1S/C13H10O3/c14-12-9-5-4-8-11(12)13(15)16-10-6-2-1-3-7-10/h1-9,14H/p-1. The summed E-state index contributed by atoms with van der Waals surface area (Å²) in [6, 6.07) is 14.6. The van der Waals surface area contributed by atoms with E-state index in [1.54, 1.807) is 36.4 Å². The predicted molar refractivity (Wildman–Crippen MR) is 57.3 cm³/mol. The molecule has 0 saturated heterocycles. The molecule has 2 aromatic carbocycles. The molecule has 3 heteroatoms. The normalized spacial score (nSPS) is 9.75. The van der Waals surface area contributed by atoms with Gasteiger partial charge in [-0.25, -0.2) is 4.79 Å². The number of carbonyl (C=O) groups excluding carboxylic acids is 1. The van der Waals surface area contributed by atoms with E-state index in [0.717, 1.165) is 0 Å². The van der Waals surface area contributed by atoms with Crippen LogP contribution in [0.4, 0.5) is 0 Å². The molecule has 0 bridgehead atoms. The quantitative estimate of drug-likeness (QED) is 0.566. The molecule has 0 aromatic heterocycles. The van der Waals surface area contributed by atoms with E-state index in [1.165, 1.54) is 12.1 Å². The molecular formula is C13H9O3-. The summed E-state index contributed by atoms with van der Waals surface area (Å²) >= 11 is 0. The maximum absolute atomic E-state index is 11.6. The number of benzene rings is 2. The van der Waals surface area contributed by atoms with Crippen LogP contribution < -0.4 is 9.84 Å². The Morgan fingerprint density at radius 1 is 0.938 bits per heavy atom. The Morgan fingerprint density at radius 2 is 1.56 bits per heavy atom. The third-order valence-corrected chi connectivity index (χ3v) is 2.06. The lowest BCUT2D eigenvalue weighted by Gasteiger charge is -2.11. The van der Waals surface area contributed by atoms with Gasteiger partial charge in [-0.15, -0.1) is 0 Å². The molecule has 2 aromatic rings. The van der Waals surface area contributed by atoms with Crippen molar-refractivity contribution < 1.29 is 14.6 Å². The van der Waals surface area contributed by atoms with Crippen LogP contribution in [0.25, 0.3) is 0 Å². The van der Waals surface area contributed by atoms with Gasteiger partial charge in [0.2, 0.25) is 0 Å². The first-order valence-electron chi connectivity index (χ1n) is 4.80. The number of hydrogen-bond acceptors (Lipinski definition) is 3. The Labute approximate surface area is 92.9 Å². The Hall–Kier alpha value is -2.29. The average Bonchev–Trinajstić information content (AvgIpc) is 2.31. The van der Waals surface area contributed by atoms with Gasteiger partial charge in [-0.05, 0) is 18.2 Å². The number of hydrogen-bond donors (Lipinski definition) is 0. The Balaban J connectivity index is 2.19. The smallest absolute Gasteiger partial charge is 0.342 e. The second kappa shape index (κ2) is 4.49. The number of ether oxygens (including phenoxy) is 1. The maximum Gasteiger partial charge on any atom is 0.342 e. The highest BCUT2D eigenvalue weighted by molar-refractivity contribution is 5.93. The number of para-hydroxylation sites is 2. The molecular weight excluding hydrogens is 204 g/mol. The van der Waals surface area contributed by atoms with Crippen molar-refractivity contribution in [1.29, 1.82) is 0 Å². The highest BCUT2D eigenvalue weighted by atomic mass is 16.5. The van der Waals surface area contributed by atoms with Gasteiger partial charge in [0.15, 0.2) is 0 Å². The minimum absolute atomic E-state index is 0.0475. The summed E-state index contributed by atoms with van der Waals surface area (Å²) in [5, 5.41) is 11.4. The average molecular weight is 213 g/mol. The molecule has 0 atom stereocenters. The van der Waals surface area contributed by atoms with E-state index < -0.39 is 5.97 Å². The second-order valence-corrected chi connectivity index (χ2v) is 3.20. The Bertz CT molecular complexity index is 492. The third kappa shape index (κ3) is 2.20. The van der Waals surface area contributed by atoms with Gasteiger partial charge in [-0.1, -0.05) is 42.1 Å². The molecule has 16 heavy (non-hydrogen) atoms. The fourth-order valence-electron chi connectivity index (χ4n) is 1.29. The van der Waals surface area contributed by atoms with Gasteiger partial charge in [-0.3, -0.25) is 0 Å². The largest absolute Gasteiger partial charge is 0.872 e. The van der Waals surface area contributed by atoms with Crippen LogP contribution in [0.1, 0.15) is 10.4 Å². The summed E-state index contributed by atoms with van der Waals surface area (Å²) in [7, 11) is 0. The van der Waals surface area contributed by atoms with Crippen molar-refractivity contribution in [2.45, 2.75) is 0 Å². The number of esters is 1. The summed E-state index contributed by atoms with van der Waals surface area (Å²) in [6.07, 6.45) is 0. The summed E-state index contributed by atoms with van der Waals surface area (Å²) < 4.78 is 5.04. The van der Waals surface area contributed by atoms with Gasteiger partial charge in [0.1, 0.15) is 5.75 Å². The molecule has 2 rings (SSSR count). The zero-order valence-corrected chi connectivity index (χ0v) is 8.42. The molecule has 0 spiro atoms. The molecule has 0 aliphatic heterocycles. The van der Waals surface area contributed by atoms with Crippen LogP contribution in [0.3, 0.4) is 0 Å². The van der Waals surface area contributed by atoms with Crippen LogP contribution in [0.15, 0.2) is 54.6 Å². The lowest BCUT2D eigenvalue weighted by atomic mass is 10.2. The van der Waals surface area contributed by atoms with Crippen LogP contribution >= 0.6 is 0 Å². The van der Waals surface area contributed by atoms with Crippen LogP contribution in [-0.4, -0.2) is 5.97 Å². The van der Waals surface area contributed by atoms with Gasteiger partial charge < -0.3 is 9.84 Å². The molecule has 80 valence electrons. The number of carbonyl (C=O) groups is 1. The lowest BCUT2D eigenvalue weighted by molar-refractivity contribution is -0.268. The Morgan fingerprint density at radius 3 is 2.25 bits per heavy atom. The van der Waals surface area contributed by atoms with Gasteiger partial charge >= 0.3 is 5.97 Å². The van der Waals surface area contributed by atoms with Crippen LogP contribution in [0.2, 0.25) is 0 Å². The van der Waals surface area contributed by atoms with E-state index in [0.29, 0.717) is 5.75 Å². The third-order valence-electron chi connectivity index (χ3n) is 2.06. The van der Waals surface area contributed by atoms with E-state index in [1.807, 2.05) is 6.07 Å². The summed E-state index contributed by atoms with van der Waals surface area (Å²) in [5.41, 5.74) is 0.0475. The van der Waals surface area contributed by atoms with Crippen molar-refractivity contribution in [3.8, 4) is 11.5 Å². The molecule has 3 nitrogen and oxygen atoms in total. The molecule has 0 unspecified atom stereocenters. The van der Waals surface area contributed by atoms with E-state index in [4.69, 9.17) is 4.74 Å². The monoisotopic (exact) mass is 213 g/mol. The summed E-state index contributed by atoms with van der Waals surface area (Å²) in [4.78, 5) is 11.6. The van der Waals surface area contributed by atoms with Crippen molar-refractivity contribution in [3.05, 3.63) is 60.2 Å². The summed E-state index contributed by atoms with van der Waals surface area (Å²) in [6.45, 7) is 0. The minimum Gasteiger partial charge on any atom is -0.872 e. The van der Waals surface area contributed by atoms with Crippen LogP contribution in [0, 0.1) is 0 Å². The van der Waals surface area contributed by atoms with Crippen LogP contribution in [-0.2, 0) is 0 Å². The zero-order valence-electron chi connectivity index (χ0n) is 8.42. The maximum atomic E-state index is 11.6. The van der Waals surface area contributed by atoms with Crippen molar-refractivity contribution >= 4 is 5.97 Å². The van der Waals surface area contributed by atoms with Gasteiger partial charge in [0.05, 0.1) is 5.56 Å². The fourth-order valence-corrected chi connectivity index (χ4v) is 1.29. The Kier molecular flexibility index (Phi) is 2.87. The molecule has 0 aliphatic carbocycles. The lowest BCUT2D eigenvalue weighted by Crippen LogP contribution is -2.11. The van der Waals surface area contributed by atoms with E-state index in [-0.39, 0.29) is 11.3 Å². The molecule has 0 N–H and O–H groups in total. The minimum atomic E-state index is -0.628. The fraction of sp³-hybridized carbons (Fsp3) is 0. The topological polar surface area (TPSA) is 49.4 Å². The van der Waals surface area contributed by atoms with E-state index >= 15 is 0 Å². The first-order chi connectivity index (χ1) is 7.77. The summed E-state index contributed by atoms with van der Waals surface area (Å²) in [5.74, 6) is -0.531. The molecule has 0 radical (unpaired) electrons. The predicted octanol–water partition coefficient (Wildman–Crippen LogP) is 1.98. The van der Waals surface area contributed by atoms with Gasteiger partial charge in [0.25, 0.3) is 0 Å². The van der Waals surface area contributed by atoms with Crippen molar-refractivity contribution in [3.63, 3.8) is 0 Å².